The molecule has 1 atom stereocenters. The minimum atomic E-state index is -0.218. The number of aryl methyl sites for hydroxylation is 1. The van der Waals surface area contributed by atoms with E-state index >= 15 is 0 Å². The van der Waals surface area contributed by atoms with Crippen molar-refractivity contribution < 1.29 is 9.53 Å². The van der Waals surface area contributed by atoms with Gasteiger partial charge in [0.1, 0.15) is 5.75 Å². The molecule has 2 aromatic heterocycles. The molecule has 1 saturated carbocycles. The van der Waals surface area contributed by atoms with Crippen molar-refractivity contribution >= 4 is 16.9 Å². The van der Waals surface area contributed by atoms with Crippen molar-refractivity contribution in [3.63, 3.8) is 0 Å². The van der Waals surface area contributed by atoms with Crippen molar-refractivity contribution in [3.05, 3.63) is 52.8 Å². The SMILES string of the molecule is COc1ccc(C(CNC(=O)c2cc(C3CC3)nc3c2c(C)nn3C(C)(C)C)N2CCCC2)cc1. The summed E-state index contributed by atoms with van der Waals surface area (Å²) < 4.78 is 7.32. The van der Waals surface area contributed by atoms with Gasteiger partial charge in [-0.15, -0.1) is 0 Å². The average molecular weight is 476 g/mol. The first-order chi connectivity index (χ1) is 16.8. The number of amides is 1. The summed E-state index contributed by atoms with van der Waals surface area (Å²) in [6.45, 7) is 11.0. The van der Waals surface area contributed by atoms with Gasteiger partial charge in [-0.2, -0.15) is 5.10 Å². The third kappa shape index (κ3) is 4.79. The number of ether oxygens (including phenoxy) is 1. The first-order valence-electron chi connectivity index (χ1n) is 12.8. The molecule has 7 heteroatoms. The standard InChI is InChI=1S/C28H37N5O2/c1-18-25-22(16-23(19-8-9-19)30-26(25)33(31-18)28(2,3)4)27(34)29-17-24(32-14-6-7-15-32)20-10-12-21(35-5)13-11-20/h10-13,16,19,24H,6-9,14-15,17H2,1-5H3,(H,29,34). The van der Waals surface area contributed by atoms with E-state index < -0.39 is 0 Å². The summed E-state index contributed by atoms with van der Waals surface area (Å²) in [7, 11) is 1.68. The maximum atomic E-state index is 13.7. The summed E-state index contributed by atoms with van der Waals surface area (Å²) in [6, 6.07) is 10.4. The summed E-state index contributed by atoms with van der Waals surface area (Å²) >= 11 is 0. The molecule has 0 radical (unpaired) electrons. The Hall–Kier alpha value is -2.93. The summed E-state index contributed by atoms with van der Waals surface area (Å²) in [4.78, 5) is 21.2. The zero-order valence-electron chi connectivity index (χ0n) is 21.6. The lowest BCUT2D eigenvalue weighted by atomic mass is 10.0. The molecule has 1 aliphatic heterocycles. The first kappa shape index (κ1) is 23.8. The van der Waals surface area contributed by atoms with Gasteiger partial charge in [-0.05, 0) is 90.2 Å². The molecule has 1 saturated heterocycles. The fourth-order valence-corrected chi connectivity index (χ4v) is 5.16. The van der Waals surface area contributed by atoms with Crippen LogP contribution < -0.4 is 10.1 Å². The number of hydrogen-bond acceptors (Lipinski definition) is 5. The topological polar surface area (TPSA) is 72.3 Å². The Morgan fingerprint density at radius 1 is 1.17 bits per heavy atom. The number of hydrogen-bond donors (Lipinski definition) is 1. The van der Waals surface area contributed by atoms with Crippen molar-refractivity contribution in [1.82, 2.24) is 25.0 Å². The quantitative estimate of drug-likeness (QED) is 0.524. The molecule has 1 amide bonds. The fraction of sp³-hybridized carbons (Fsp3) is 0.536. The molecular formula is C28H37N5O2. The third-order valence-corrected chi connectivity index (χ3v) is 7.25. The van der Waals surface area contributed by atoms with E-state index in [1.54, 1.807) is 7.11 Å². The lowest BCUT2D eigenvalue weighted by Crippen LogP contribution is -2.37. The molecule has 35 heavy (non-hydrogen) atoms. The Bertz CT molecular complexity index is 1210. The van der Waals surface area contributed by atoms with E-state index in [4.69, 9.17) is 14.8 Å². The second kappa shape index (κ2) is 9.26. The van der Waals surface area contributed by atoms with E-state index in [0.29, 0.717) is 18.0 Å². The third-order valence-electron chi connectivity index (χ3n) is 7.25. The average Bonchev–Trinajstić information content (AvgIpc) is 3.44. The number of pyridine rings is 1. The number of carbonyl (C=O) groups is 1. The molecule has 2 fully saturated rings. The van der Waals surface area contributed by atoms with Gasteiger partial charge in [-0.1, -0.05) is 12.1 Å². The number of rotatable bonds is 7. The fourth-order valence-electron chi connectivity index (χ4n) is 5.16. The van der Waals surface area contributed by atoms with Crippen molar-refractivity contribution in [3.8, 4) is 5.75 Å². The van der Waals surface area contributed by atoms with Crippen molar-refractivity contribution in [2.75, 3.05) is 26.7 Å². The van der Waals surface area contributed by atoms with Gasteiger partial charge >= 0.3 is 0 Å². The van der Waals surface area contributed by atoms with E-state index in [9.17, 15) is 4.79 Å². The van der Waals surface area contributed by atoms with Crippen molar-refractivity contribution in [2.24, 2.45) is 0 Å². The maximum Gasteiger partial charge on any atom is 0.252 e. The Kier molecular flexibility index (Phi) is 6.30. The van der Waals surface area contributed by atoms with Crippen molar-refractivity contribution in [2.45, 2.75) is 70.9 Å². The number of benzene rings is 1. The van der Waals surface area contributed by atoms with Crippen LogP contribution >= 0.6 is 0 Å². The molecule has 2 aliphatic rings. The summed E-state index contributed by atoms with van der Waals surface area (Å²) in [5.74, 6) is 1.25. The van der Waals surface area contributed by atoms with Gasteiger partial charge in [0.05, 0.1) is 35.3 Å². The van der Waals surface area contributed by atoms with Crippen LogP contribution in [0.2, 0.25) is 0 Å². The Morgan fingerprint density at radius 3 is 2.46 bits per heavy atom. The molecular weight excluding hydrogens is 438 g/mol. The van der Waals surface area contributed by atoms with Gasteiger partial charge in [0, 0.05) is 18.2 Å². The molecule has 1 N–H and O–H groups in total. The van der Waals surface area contributed by atoms with Crippen LogP contribution in [0.3, 0.4) is 0 Å². The van der Waals surface area contributed by atoms with Crippen LogP contribution in [-0.4, -0.2) is 52.3 Å². The zero-order chi connectivity index (χ0) is 24.7. The van der Waals surface area contributed by atoms with Crippen LogP contribution in [0, 0.1) is 6.92 Å². The number of methoxy groups -OCH3 is 1. The van der Waals surface area contributed by atoms with E-state index in [0.717, 1.165) is 54.1 Å². The van der Waals surface area contributed by atoms with Gasteiger partial charge in [-0.3, -0.25) is 9.69 Å². The highest BCUT2D eigenvalue weighted by Gasteiger charge is 2.31. The van der Waals surface area contributed by atoms with Crippen molar-refractivity contribution in [1.29, 1.82) is 0 Å². The van der Waals surface area contributed by atoms with Gasteiger partial charge < -0.3 is 10.1 Å². The highest BCUT2D eigenvalue weighted by Crippen LogP contribution is 2.41. The Morgan fingerprint density at radius 2 is 1.86 bits per heavy atom. The van der Waals surface area contributed by atoms with Crippen LogP contribution in [0.15, 0.2) is 30.3 Å². The largest absolute Gasteiger partial charge is 0.497 e. The minimum Gasteiger partial charge on any atom is -0.497 e. The Labute approximate surface area is 207 Å². The van der Waals surface area contributed by atoms with Crippen LogP contribution in [0.4, 0.5) is 0 Å². The number of aromatic nitrogens is 3. The maximum absolute atomic E-state index is 13.7. The predicted octanol–water partition coefficient (Wildman–Crippen LogP) is 4.95. The van der Waals surface area contributed by atoms with E-state index in [1.165, 1.54) is 18.4 Å². The Balaban J connectivity index is 1.46. The lowest BCUT2D eigenvalue weighted by Gasteiger charge is -2.28. The molecule has 0 spiro atoms. The normalized spacial score (nSPS) is 17.6. The summed E-state index contributed by atoms with van der Waals surface area (Å²) in [5.41, 5.74) is 4.35. The van der Waals surface area contributed by atoms with Gasteiger partial charge in [0.2, 0.25) is 0 Å². The monoisotopic (exact) mass is 475 g/mol. The van der Waals surface area contributed by atoms with Crippen LogP contribution in [-0.2, 0) is 5.54 Å². The number of fused-ring (bicyclic) bond motifs is 1. The van der Waals surface area contributed by atoms with E-state index in [2.05, 4.69) is 43.1 Å². The lowest BCUT2D eigenvalue weighted by molar-refractivity contribution is 0.0939. The first-order valence-corrected chi connectivity index (χ1v) is 12.8. The number of nitrogens with zero attached hydrogens (tertiary/aromatic N) is 4. The number of likely N-dealkylation sites (tertiary alicyclic amines) is 1. The second-order valence-corrected chi connectivity index (χ2v) is 11.0. The minimum absolute atomic E-state index is 0.0476. The highest BCUT2D eigenvalue weighted by atomic mass is 16.5. The highest BCUT2D eigenvalue weighted by molar-refractivity contribution is 6.06. The molecule has 1 aliphatic carbocycles. The molecule has 1 aromatic carbocycles. The molecule has 1 unspecified atom stereocenters. The molecule has 3 heterocycles. The number of carbonyl (C=O) groups excluding carboxylic acids is 1. The number of nitrogens with one attached hydrogen (secondary N) is 1. The molecule has 0 bridgehead atoms. The molecule has 7 nitrogen and oxygen atoms in total. The predicted molar refractivity (Wildman–Crippen MR) is 138 cm³/mol. The second-order valence-electron chi connectivity index (χ2n) is 11.0. The molecule has 3 aromatic rings. The summed E-state index contributed by atoms with van der Waals surface area (Å²) in [5, 5.41) is 8.95. The molecule has 5 rings (SSSR count). The summed E-state index contributed by atoms with van der Waals surface area (Å²) in [6.07, 6.45) is 4.66. The zero-order valence-corrected chi connectivity index (χ0v) is 21.6. The van der Waals surface area contributed by atoms with Gasteiger partial charge in [0.15, 0.2) is 5.65 Å². The van der Waals surface area contributed by atoms with E-state index in [1.807, 2.05) is 29.8 Å². The van der Waals surface area contributed by atoms with Gasteiger partial charge in [0.25, 0.3) is 5.91 Å². The molecule has 186 valence electrons. The smallest absolute Gasteiger partial charge is 0.252 e. The van der Waals surface area contributed by atoms with Crippen LogP contribution in [0.25, 0.3) is 11.0 Å². The van der Waals surface area contributed by atoms with E-state index in [-0.39, 0.29) is 17.5 Å². The van der Waals surface area contributed by atoms with Crippen LogP contribution in [0.5, 0.6) is 5.75 Å². The van der Waals surface area contributed by atoms with Gasteiger partial charge in [-0.25, -0.2) is 9.67 Å². The van der Waals surface area contributed by atoms with Crippen LogP contribution in [0.1, 0.15) is 85.7 Å².